The molecule has 2 rings (SSSR count). The van der Waals surface area contributed by atoms with Crippen LogP contribution in [0.25, 0.3) is 0 Å². The Morgan fingerprint density at radius 2 is 2.25 bits per heavy atom. The van der Waals surface area contributed by atoms with Crippen LogP contribution in [0, 0.1) is 12.7 Å². The second kappa shape index (κ2) is 6.09. The van der Waals surface area contributed by atoms with E-state index < -0.39 is 5.82 Å². The molecule has 1 unspecified atom stereocenters. The highest BCUT2D eigenvalue weighted by Crippen LogP contribution is 2.31. The number of ether oxygens (including phenoxy) is 1. The third-order valence-electron chi connectivity index (χ3n) is 2.78. The summed E-state index contributed by atoms with van der Waals surface area (Å²) in [5, 5.41) is 6.20. The minimum absolute atomic E-state index is 0.00376. The highest BCUT2D eigenvalue weighted by molar-refractivity contribution is 7.09. The summed E-state index contributed by atoms with van der Waals surface area (Å²) in [6, 6.07) is 2.86. The van der Waals surface area contributed by atoms with Crippen molar-refractivity contribution in [1.29, 1.82) is 0 Å². The van der Waals surface area contributed by atoms with Gasteiger partial charge in [-0.25, -0.2) is 9.37 Å². The number of nitrogens with two attached hydrogens (primary N) is 1. The van der Waals surface area contributed by atoms with Gasteiger partial charge < -0.3 is 15.8 Å². The predicted molar refractivity (Wildman–Crippen MR) is 80.9 cm³/mol. The lowest BCUT2D eigenvalue weighted by atomic mass is 10.2. The average Bonchev–Trinajstić information content (AvgIpc) is 2.82. The number of benzene rings is 1. The molecule has 0 saturated carbocycles. The number of halogens is 1. The minimum atomic E-state index is -0.451. The second-order valence-corrected chi connectivity index (χ2v) is 5.39. The van der Waals surface area contributed by atoms with Crippen LogP contribution in [0.2, 0.25) is 0 Å². The molecule has 1 aromatic heterocycles. The second-order valence-electron chi connectivity index (χ2n) is 4.50. The predicted octanol–water partition coefficient (Wildman–Crippen LogP) is 3.74. The fraction of sp³-hybridized carbons (Fsp3) is 0.357. The van der Waals surface area contributed by atoms with E-state index in [0.29, 0.717) is 18.0 Å². The molecule has 0 bridgehead atoms. The van der Waals surface area contributed by atoms with Crippen LogP contribution in [-0.4, -0.2) is 11.6 Å². The number of rotatable bonds is 5. The standard InChI is InChI=1S/C14H18FN3OS/c1-4-19-13-6-12(11(16)5-10(13)15)18-9(3)14-17-8(2)7-20-14/h5-7,9,18H,4,16H2,1-3H3. The van der Waals surface area contributed by atoms with E-state index in [4.69, 9.17) is 10.5 Å². The Morgan fingerprint density at radius 1 is 1.50 bits per heavy atom. The molecule has 1 aromatic carbocycles. The molecular weight excluding hydrogens is 277 g/mol. The van der Waals surface area contributed by atoms with Gasteiger partial charge in [-0.15, -0.1) is 11.3 Å². The normalized spacial score (nSPS) is 12.2. The van der Waals surface area contributed by atoms with E-state index in [1.165, 1.54) is 6.07 Å². The van der Waals surface area contributed by atoms with Crippen molar-refractivity contribution in [3.63, 3.8) is 0 Å². The highest BCUT2D eigenvalue weighted by atomic mass is 32.1. The van der Waals surface area contributed by atoms with Crippen molar-refractivity contribution >= 4 is 22.7 Å². The Hall–Kier alpha value is -1.82. The van der Waals surface area contributed by atoms with Crippen LogP contribution in [0.1, 0.15) is 30.6 Å². The van der Waals surface area contributed by atoms with Crippen LogP contribution in [-0.2, 0) is 0 Å². The van der Waals surface area contributed by atoms with Crippen LogP contribution >= 0.6 is 11.3 Å². The molecule has 2 aromatic rings. The summed E-state index contributed by atoms with van der Waals surface area (Å²) < 4.78 is 18.9. The number of hydrogen-bond acceptors (Lipinski definition) is 5. The smallest absolute Gasteiger partial charge is 0.167 e. The number of thiazole rings is 1. The van der Waals surface area contributed by atoms with Crippen molar-refractivity contribution in [2.24, 2.45) is 0 Å². The lowest BCUT2D eigenvalue weighted by molar-refractivity contribution is 0.322. The number of nitrogens with one attached hydrogen (secondary N) is 1. The molecule has 6 heteroatoms. The number of aryl methyl sites for hydroxylation is 1. The summed E-state index contributed by atoms with van der Waals surface area (Å²) in [6.07, 6.45) is 0. The van der Waals surface area contributed by atoms with Crippen molar-refractivity contribution in [1.82, 2.24) is 4.98 Å². The topological polar surface area (TPSA) is 60.2 Å². The molecule has 0 aliphatic heterocycles. The number of hydrogen-bond donors (Lipinski definition) is 2. The molecule has 108 valence electrons. The van der Waals surface area contributed by atoms with Gasteiger partial charge in [0.05, 0.1) is 24.0 Å². The van der Waals surface area contributed by atoms with Gasteiger partial charge in [-0.05, 0) is 20.8 Å². The quantitative estimate of drug-likeness (QED) is 0.825. The van der Waals surface area contributed by atoms with E-state index >= 15 is 0 Å². The molecule has 3 N–H and O–H groups in total. The molecule has 0 fully saturated rings. The van der Waals surface area contributed by atoms with Gasteiger partial charge in [-0.2, -0.15) is 0 Å². The molecule has 0 spiro atoms. The van der Waals surface area contributed by atoms with Gasteiger partial charge in [0.1, 0.15) is 5.01 Å². The SMILES string of the molecule is CCOc1cc(NC(C)c2nc(C)cs2)c(N)cc1F. The Labute approximate surface area is 121 Å². The van der Waals surface area contributed by atoms with Crippen molar-refractivity contribution in [2.45, 2.75) is 26.8 Å². The maximum atomic E-state index is 13.6. The molecule has 0 saturated heterocycles. The first kappa shape index (κ1) is 14.6. The van der Waals surface area contributed by atoms with Gasteiger partial charge in [0, 0.05) is 23.2 Å². The molecule has 20 heavy (non-hydrogen) atoms. The van der Waals surface area contributed by atoms with Crippen LogP contribution in [0.5, 0.6) is 5.75 Å². The molecule has 0 aliphatic rings. The summed E-state index contributed by atoms with van der Waals surface area (Å²) in [6.45, 7) is 6.15. The lowest BCUT2D eigenvalue weighted by Crippen LogP contribution is -2.09. The average molecular weight is 295 g/mol. The number of nitrogen functional groups attached to an aromatic ring is 1. The van der Waals surface area contributed by atoms with Gasteiger partial charge in [0.15, 0.2) is 11.6 Å². The van der Waals surface area contributed by atoms with Gasteiger partial charge >= 0.3 is 0 Å². The molecule has 1 heterocycles. The summed E-state index contributed by atoms with van der Waals surface area (Å²) in [7, 11) is 0. The van der Waals surface area contributed by atoms with Gasteiger partial charge in [-0.1, -0.05) is 0 Å². The van der Waals surface area contributed by atoms with Crippen LogP contribution in [0.15, 0.2) is 17.5 Å². The Balaban J connectivity index is 2.22. The van der Waals surface area contributed by atoms with Crippen LogP contribution in [0.3, 0.4) is 0 Å². The van der Waals surface area contributed by atoms with Crippen LogP contribution < -0.4 is 15.8 Å². The summed E-state index contributed by atoms with van der Waals surface area (Å²) in [5.74, 6) is -0.251. The van der Waals surface area contributed by atoms with Crippen molar-refractivity contribution in [3.05, 3.63) is 34.0 Å². The van der Waals surface area contributed by atoms with Gasteiger partial charge in [0.25, 0.3) is 0 Å². The molecule has 0 radical (unpaired) electrons. The Bertz CT molecular complexity index is 600. The van der Waals surface area contributed by atoms with E-state index in [-0.39, 0.29) is 11.8 Å². The van der Waals surface area contributed by atoms with E-state index in [2.05, 4.69) is 10.3 Å². The summed E-state index contributed by atoms with van der Waals surface area (Å²) >= 11 is 1.58. The zero-order valence-corrected chi connectivity index (χ0v) is 12.6. The van der Waals surface area contributed by atoms with E-state index in [1.807, 2.05) is 26.2 Å². The first-order chi connectivity index (χ1) is 9.51. The van der Waals surface area contributed by atoms with Crippen LogP contribution in [0.4, 0.5) is 15.8 Å². The van der Waals surface area contributed by atoms with Gasteiger partial charge in [-0.3, -0.25) is 0 Å². The molecule has 4 nitrogen and oxygen atoms in total. The van der Waals surface area contributed by atoms with Crippen molar-refractivity contribution < 1.29 is 9.13 Å². The maximum Gasteiger partial charge on any atom is 0.167 e. The van der Waals surface area contributed by atoms with E-state index in [1.54, 1.807) is 17.4 Å². The summed E-state index contributed by atoms with van der Waals surface area (Å²) in [4.78, 5) is 4.42. The Morgan fingerprint density at radius 3 is 2.85 bits per heavy atom. The first-order valence-corrected chi connectivity index (χ1v) is 7.29. The highest BCUT2D eigenvalue weighted by Gasteiger charge is 2.14. The van der Waals surface area contributed by atoms with Crippen molar-refractivity contribution in [2.75, 3.05) is 17.7 Å². The van der Waals surface area contributed by atoms with Gasteiger partial charge in [0.2, 0.25) is 0 Å². The number of nitrogens with zero attached hydrogens (tertiary/aromatic N) is 1. The van der Waals surface area contributed by atoms with Crippen molar-refractivity contribution in [3.8, 4) is 5.75 Å². The minimum Gasteiger partial charge on any atom is -0.491 e. The third-order valence-corrected chi connectivity index (χ3v) is 3.93. The zero-order chi connectivity index (χ0) is 14.7. The zero-order valence-electron chi connectivity index (χ0n) is 11.7. The third kappa shape index (κ3) is 3.19. The monoisotopic (exact) mass is 295 g/mol. The molecular formula is C14H18FN3OS. The first-order valence-electron chi connectivity index (χ1n) is 6.41. The molecule has 0 amide bonds. The fourth-order valence-electron chi connectivity index (χ4n) is 1.83. The van der Waals surface area contributed by atoms with E-state index in [0.717, 1.165) is 10.7 Å². The lowest BCUT2D eigenvalue weighted by Gasteiger charge is -2.16. The maximum absolute atomic E-state index is 13.6. The molecule has 1 atom stereocenters. The number of anilines is 2. The summed E-state index contributed by atoms with van der Waals surface area (Å²) in [5.41, 5.74) is 7.83. The van der Waals surface area contributed by atoms with E-state index in [9.17, 15) is 4.39 Å². The Kier molecular flexibility index (Phi) is 4.44. The molecule has 0 aliphatic carbocycles. The number of aromatic nitrogens is 1. The fourth-order valence-corrected chi connectivity index (χ4v) is 2.63. The largest absolute Gasteiger partial charge is 0.491 e.